The summed E-state index contributed by atoms with van der Waals surface area (Å²) in [6.07, 6.45) is -1.25. The van der Waals surface area contributed by atoms with E-state index in [0.29, 0.717) is 60.1 Å². The number of allylic oxidation sites excluding steroid dienone is 1. The lowest BCUT2D eigenvalue weighted by Crippen LogP contribution is -2.27. The summed E-state index contributed by atoms with van der Waals surface area (Å²) in [4.78, 5) is 25.5. The first-order valence-electron chi connectivity index (χ1n) is 13.0. The molecule has 4 rings (SSSR count). The molecule has 1 aliphatic heterocycles. The Bertz CT molecular complexity index is 1420. The number of amides is 1. The second kappa shape index (κ2) is 14.7. The van der Waals surface area contributed by atoms with Gasteiger partial charge in [-0.2, -0.15) is 13.2 Å². The number of hydrogen-bond acceptors (Lipinski definition) is 7. The Morgan fingerprint density at radius 3 is 2.31 bits per heavy atom. The van der Waals surface area contributed by atoms with Crippen LogP contribution in [0.1, 0.15) is 33.5 Å². The van der Waals surface area contributed by atoms with Gasteiger partial charge in [0.15, 0.2) is 17.8 Å². The van der Waals surface area contributed by atoms with Gasteiger partial charge >= 0.3 is 6.18 Å². The van der Waals surface area contributed by atoms with Crippen molar-refractivity contribution in [3.8, 4) is 11.5 Å². The monoisotopic (exact) mass is 582 g/mol. The third-order valence-electron chi connectivity index (χ3n) is 6.43. The van der Waals surface area contributed by atoms with E-state index in [-0.39, 0.29) is 5.91 Å². The van der Waals surface area contributed by atoms with Gasteiger partial charge < -0.3 is 30.4 Å². The lowest BCUT2D eigenvalue weighted by atomic mass is 10.1. The zero-order chi connectivity index (χ0) is 30.7. The predicted molar refractivity (Wildman–Crippen MR) is 155 cm³/mol. The Balaban J connectivity index is 0.000000337. The van der Waals surface area contributed by atoms with E-state index in [4.69, 9.17) is 14.9 Å². The van der Waals surface area contributed by atoms with E-state index >= 15 is 0 Å². The van der Waals surface area contributed by atoms with Gasteiger partial charge in [0, 0.05) is 56.3 Å². The predicted octanol–water partition coefficient (Wildman–Crippen LogP) is 5.69. The maximum atomic E-state index is 12.5. The number of anilines is 1. The van der Waals surface area contributed by atoms with Crippen molar-refractivity contribution in [3.63, 3.8) is 0 Å². The summed E-state index contributed by atoms with van der Waals surface area (Å²) in [6.45, 7) is 1.70. The third-order valence-corrected chi connectivity index (χ3v) is 6.43. The highest BCUT2D eigenvalue weighted by atomic mass is 19.4. The molecule has 3 N–H and O–H groups in total. The highest BCUT2D eigenvalue weighted by Crippen LogP contribution is 2.30. The number of nitrogens with zero attached hydrogens (tertiary/aromatic N) is 1. The second-order valence-corrected chi connectivity index (χ2v) is 9.30. The molecule has 0 unspecified atom stereocenters. The number of nitrogens with one attached hydrogen (secondary N) is 3. The lowest BCUT2D eigenvalue weighted by molar-refractivity contribution is -0.137. The average molecular weight is 583 g/mol. The number of hydrogen-bond donors (Lipinski definition) is 3. The van der Waals surface area contributed by atoms with E-state index < -0.39 is 11.7 Å². The topological polar surface area (TPSA) is 104 Å². The van der Waals surface area contributed by atoms with Crippen molar-refractivity contribution in [1.29, 1.82) is 5.41 Å². The summed E-state index contributed by atoms with van der Waals surface area (Å²) in [5, 5.41) is 13.3. The first-order chi connectivity index (χ1) is 20.1. The van der Waals surface area contributed by atoms with Gasteiger partial charge in [-0.3, -0.25) is 9.59 Å². The highest BCUT2D eigenvalue weighted by Gasteiger charge is 2.30. The number of aldehydes is 1. The zero-order valence-corrected chi connectivity index (χ0v) is 23.5. The molecule has 0 spiro atoms. The van der Waals surface area contributed by atoms with E-state index in [0.717, 1.165) is 29.5 Å². The Hall–Kier alpha value is -4.80. The van der Waals surface area contributed by atoms with Crippen molar-refractivity contribution < 1.29 is 32.2 Å². The van der Waals surface area contributed by atoms with Gasteiger partial charge in [-0.1, -0.05) is 24.3 Å². The third kappa shape index (κ3) is 8.85. The molecule has 11 heteroatoms. The van der Waals surface area contributed by atoms with Crippen LogP contribution in [0, 0.1) is 5.41 Å². The van der Waals surface area contributed by atoms with Crippen molar-refractivity contribution in [2.24, 2.45) is 0 Å². The number of rotatable bonds is 9. The molecule has 3 aromatic rings. The SMILES string of the molecule is CNc1cccc(C(F)(F)F)c1.COc1ccc(CNC(=O)c2ccc(CN3C=C(C=O)C(=N)CC3)cc2)cc1OC. The maximum Gasteiger partial charge on any atom is 0.416 e. The number of ether oxygens (including phenoxy) is 2. The van der Waals surface area contributed by atoms with Crippen molar-refractivity contribution in [1.82, 2.24) is 10.2 Å². The highest BCUT2D eigenvalue weighted by molar-refractivity contribution is 6.13. The molecule has 0 fully saturated rings. The van der Waals surface area contributed by atoms with E-state index in [1.165, 1.54) is 6.07 Å². The van der Waals surface area contributed by atoms with Gasteiger partial charge in [-0.05, 0) is 53.6 Å². The van der Waals surface area contributed by atoms with Gasteiger partial charge in [0.2, 0.25) is 0 Å². The summed E-state index contributed by atoms with van der Waals surface area (Å²) in [6, 6.07) is 18.0. The Kier molecular flexibility index (Phi) is 11.1. The Morgan fingerprint density at radius 2 is 1.69 bits per heavy atom. The molecule has 1 amide bonds. The Morgan fingerprint density at radius 1 is 1.00 bits per heavy atom. The number of methoxy groups -OCH3 is 2. The first kappa shape index (κ1) is 31.7. The minimum atomic E-state index is -4.26. The van der Waals surface area contributed by atoms with Crippen LogP contribution >= 0.6 is 0 Å². The van der Waals surface area contributed by atoms with Crippen molar-refractivity contribution in [2.45, 2.75) is 25.7 Å². The van der Waals surface area contributed by atoms with Crippen LogP contribution in [-0.2, 0) is 24.1 Å². The molecule has 0 aliphatic carbocycles. The van der Waals surface area contributed by atoms with Crippen LogP contribution in [0.25, 0.3) is 0 Å². The molecule has 222 valence electrons. The molecule has 3 aromatic carbocycles. The molecular formula is C31H33F3N4O4. The fraction of sp³-hybridized carbons (Fsp3) is 0.258. The number of carbonyl (C=O) groups is 2. The average Bonchev–Trinajstić information content (AvgIpc) is 3.00. The molecule has 1 heterocycles. The van der Waals surface area contributed by atoms with Gasteiger partial charge in [0.05, 0.1) is 25.4 Å². The lowest BCUT2D eigenvalue weighted by Gasteiger charge is -2.25. The summed E-state index contributed by atoms with van der Waals surface area (Å²) >= 11 is 0. The van der Waals surface area contributed by atoms with Crippen LogP contribution in [0.2, 0.25) is 0 Å². The normalized spacial score (nSPS) is 12.9. The zero-order valence-electron chi connectivity index (χ0n) is 23.5. The molecule has 0 radical (unpaired) electrons. The second-order valence-electron chi connectivity index (χ2n) is 9.30. The largest absolute Gasteiger partial charge is 0.493 e. The number of halogens is 3. The molecule has 0 saturated heterocycles. The summed E-state index contributed by atoms with van der Waals surface area (Å²) in [7, 11) is 4.73. The molecule has 8 nitrogen and oxygen atoms in total. The van der Waals surface area contributed by atoms with E-state index in [2.05, 4.69) is 10.6 Å². The van der Waals surface area contributed by atoms with Crippen molar-refractivity contribution in [3.05, 3.63) is 101 Å². The molecule has 0 bridgehead atoms. The summed E-state index contributed by atoms with van der Waals surface area (Å²) in [5.74, 6) is 1.10. The fourth-order valence-electron chi connectivity index (χ4n) is 4.09. The summed E-state index contributed by atoms with van der Waals surface area (Å²) < 4.78 is 46.7. The molecule has 0 atom stereocenters. The van der Waals surface area contributed by atoms with E-state index in [1.807, 2.05) is 35.2 Å². The van der Waals surface area contributed by atoms with E-state index in [9.17, 15) is 22.8 Å². The molecule has 0 saturated carbocycles. The quantitative estimate of drug-likeness (QED) is 0.280. The molecule has 0 aromatic heterocycles. The van der Waals surface area contributed by atoms with Gasteiger partial charge in [-0.15, -0.1) is 0 Å². The molecular weight excluding hydrogens is 549 g/mol. The van der Waals surface area contributed by atoms with Gasteiger partial charge in [0.1, 0.15) is 0 Å². The van der Waals surface area contributed by atoms with Gasteiger partial charge in [0.25, 0.3) is 5.91 Å². The number of carbonyl (C=O) groups excluding carboxylic acids is 2. The van der Waals surface area contributed by atoms with Crippen molar-refractivity contribution >= 4 is 23.6 Å². The standard InChI is InChI=1S/C23H25N3O4.C8H8F3N/c1-29-21-8-5-17(11-22(21)30-2)12-25-23(28)18-6-3-16(4-7-18)13-26-10-9-20(24)19(14-26)15-27;1-12-7-4-2-3-6(5-7)8(9,10)11/h3-8,11,14-15,24H,9-10,12-13H2,1-2H3,(H,25,28);2-5,12H,1H3. The first-order valence-corrected chi connectivity index (χ1v) is 13.0. The van der Waals surface area contributed by atoms with Crippen LogP contribution in [0.5, 0.6) is 11.5 Å². The van der Waals surface area contributed by atoms with Crippen LogP contribution in [-0.4, -0.2) is 50.6 Å². The van der Waals surface area contributed by atoms with E-state index in [1.54, 1.807) is 45.7 Å². The smallest absolute Gasteiger partial charge is 0.416 e. The maximum absolute atomic E-state index is 12.5. The minimum absolute atomic E-state index is 0.161. The van der Waals surface area contributed by atoms with Crippen LogP contribution in [0.3, 0.4) is 0 Å². The van der Waals surface area contributed by atoms with Crippen LogP contribution < -0.4 is 20.1 Å². The summed E-state index contributed by atoms with van der Waals surface area (Å²) in [5.41, 5.74) is 3.14. The molecule has 1 aliphatic rings. The van der Waals surface area contributed by atoms with Crippen molar-refractivity contribution in [2.75, 3.05) is 33.1 Å². The van der Waals surface area contributed by atoms with Crippen LogP contribution in [0.4, 0.5) is 18.9 Å². The molecule has 42 heavy (non-hydrogen) atoms. The van der Waals surface area contributed by atoms with Crippen LogP contribution in [0.15, 0.2) is 78.5 Å². The fourth-order valence-corrected chi connectivity index (χ4v) is 4.09. The Labute approximate surface area is 242 Å². The minimum Gasteiger partial charge on any atom is -0.493 e. The number of benzene rings is 3. The number of alkyl halides is 3. The van der Waals surface area contributed by atoms with Gasteiger partial charge in [-0.25, -0.2) is 0 Å².